The summed E-state index contributed by atoms with van der Waals surface area (Å²) in [5.74, 6) is -1.12. The Labute approximate surface area is 242 Å². The minimum Gasteiger partial charge on any atom is -0.491 e. The lowest BCUT2D eigenvalue weighted by atomic mass is 9.88. The van der Waals surface area contributed by atoms with E-state index in [0.717, 1.165) is 17.8 Å². The van der Waals surface area contributed by atoms with E-state index in [1.807, 2.05) is 6.07 Å². The lowest BCUT2D eigenvalue weighted by Crippen LogP contribution is -2.62. The summed E-state index contributed by atoms with van der Waals surface area (Å²) in [7, 11) is 3.30. The first kappa shape index (κ1) is 29.1. The lowest BCUT2D eigenvalue weighted by molar-refractivity contribution is -0.131. The third-order valence-electron chi connectivity index (χ3n) is 7.50. The molecular formula is C29H34F2N8O3. The van der Waals surface area contributed by atoms with Gasteiger partial charge in [0.05, 0.1) is 53.2 Å². The highest BCUT2D eigenvalue weighted by molar-refractivity contribution is 5.75. The number of nitrogens with zero attached hydrogens (tertiary/aromatic N) is 6. The summed E-state index contributed by atoms with van der Waals surface area (Å²) in [4.78, 5) is 24.6. The zero-order chi connectivity index (χ0) is 30.0. The highest BCUT2D eigenvalue weighted by Gasteiger charge is 2.36. The number of benzene rings is 1. The molecule has 5 rings (SSSR count). The fraction of sp³-hybridized carbons (Fsp3) is 0.379. The number of aromatic nitrogens is 4. The van der Waals surface area contributed by atoms with Crippen LogP contribution in [-0.4, -0.2) is 82.9 Å². The standard InChI is InChI=1S/C29H34F2N8O3/c1-17-15-38(16-23(32)28(17)37(3)18(2)40)26-7-8-33-14-25(26)35-29-34-13-19-5-6-24(36-39(19)29)27-21(30)11-20(12-22(27)31)42-10-9-41-4/h5-8,11-14,17,23,28H,9-10,15-16,32H2,1-4H3,(H,34,35)/t17-,23+,28-/m0/s1. The molecule has 1 aromatic carbocycles. The van der Waals surface area contributed by atoms with Crippen LogP contribution in [0.4, 0.5) is 26.1 Å². The number of carbonyl (C=O) groups is 1. The van der Waals surface area contributed by atoms with Crippen molar-refractivity contribution in [3.63, 3.8) is 0 Å². The molecule has 0 bridgehead atoms. The normalized spacial score (nSPS) is 18.7. The number of imidazole rings is 1. The molecule has 3 atom stereocenters. The van der Waals surface area contributed by atoms with Gasteiger partial charge in [0, 0.05) is 58.5 Å². The number of rotatable bonds is 9. The highest BCUT2D eigenvalue weighted by Crippen LogP contribution is 2.33. The molecule has 4 aromatic rings. The summed E-state index contributed by atoms with van der Waals surface area (Å²) < 4.78 is 41.8. The van der Waals surface area contributed by atoms with Crippen LogP contribution in [0.15, 0.2) is 48.9 Å². The van der Waals surface area contributed by atoms with Gasteiger partial charge in [-0.05, 0) is 24.1 Å². The fourth-order valence-corrected chi connectivity index (χ4v) is 5.49. The number of hydrogen-bond donors (Lipinski definition) is 2. The first-order valence-electron chi connectivity index (χ1n) is 13.6. The Bertz CT molecular complexity index is 1550. The molecule has 13 heteroatoms. The van der Waals surface area contributed by atoms with Gasteiger partial charge in [-0.3, -0.25) is 9.78 Å². The zero-order valence-corrected chi connectivity index (χ0v) is 23.9. The van der Waals surface area contributed by atoms with Crippen LogP contribution in [0, 0.1) is 17.6 Å². The summed E-state index contributed by atoms with van der Waals surface area (Å²) in [5, 5.41) is 7.78. The molecule has 4 heterocycles. The second-order valence-electron chi connectivity index (χ2n) is 10.4. The number of piperidine rings is 1. The Balaban J connectivity index is 1.42. The van der Waals surface area contributed by atoms with E-state index in [2.05, 4.69) is 32.2 Å². The van der Waals surface area contributed by atoms with Crippen molar-refractivity contribution in [2.24, 2.45) is 11.7 Å². The maximum atomic E-state index is 15.0. The molecule has 1 aliphatic rings. The number of ether oxygens (including phenoxy) is 2. The average Bonchev–Trinajstić information content (AvgIpc) is 3.34. The van der Waals surface area contributed by atoms with E-state index in [0.29, 0.717) is 36.8 Å². The summed E-state index contributed by atoms with van der Waals surface area (Å²) in [5.41, 5.74) is 8.50. The Kier molecular flexibility index (Phi) is 8.50. The fourth-order valence-electron chi connectivity index (χ4n) is 5.49. The highest BCUT2D eigenvalue weighted by atomic mass is 19.1. The summed E-state index contributed by atoms with van der Waals surface area (Å²) in [6, 6.07) is 7.00. The third kappa shape index (κ3) is 5.83. The molecule has 1 amide bonds. The molecule has 3 aromatic heterocycles. The molecule has 0 spiro atoms. The van der Waals surface area contributed by atoms with Gasteiger partial charge in [0.25, 0.3) is 0 Å². The number of fused-ring (bicyclic) bond motifs is 1. The van der Waals surface area contributed by atoms with Crippen molar-refractivity contribution < 1.29 is 23.0 Å². The van der Waals surface area contributed by atoms with E-state index in [1.165, 1.54) is 17.7 Å². The number of anilines is 3. The molecule has 1 saturated heterocycles. The molecule has 3 N–H and O–H groups in total. The van der Waals surface area contributed by atoms with E-state index in [4.69, 9.17) is 15.2 Å². The monoisotopic (exact) mass is 580 g/mol. The molecule has 0 aliphatic carbocycles. The average molecular weight is 581 g/mol. The summed E-state index contributed by atoms with van der Waals surface area (Å²) in [6.45, 7) is 5.27. The molecule has 1 fully saturated rings. The Morgan fingerprint density at radius 1 is 1.17 bits per heavy atom. The second kappa shape index (κ2) is 12.2. The quantitative estimate of drug-likeness (QED) is 0.287. The number of carbonyl (C=O) groups excluding carboxylic acids is 1. The first-order chi connectivity index (χ1) is 20.2. The molecule has 1 aliphatic heterocycles. The molecule has 0 unspecified atom stereocenters. The zero-order valence-electron chi connectivity index (χ0n) is 23.9. The Morgan fingerprint density at radius 3 is 2.62 bits per heavy atom. The largest absolute Gasteiger partial charge is 0.491 e. The van der Waals surface area contributed by atoms with E-state index in [-0.39, 0.29) is 47.5 Å². The Morgan fingerprint density at radius 2 is 1.93 bits per heavy atom. The predicted molar refractivity (Wildman–Crippen MR) is 155 cm³/mol. The van der Waals surface area contributed by atoms with Gasteiger partial charge in [-0.15, -0.1) is 0 Å². The molecule has 11 nitrogen and oxygen atoms in total. The number of nitrogens with one attached hydrogen (secondary N) is 1. The van der Waals surface area contributed by atoms with Gasteiger partial charge in [0.2, 0.25) is 11.9 Å². The van der Waals surface area contributed by atoms with Gasteiger partial charge in [0.15, 0.2) is 0 Å². The summed E-state index contributed by atoms with van der Waals surface area (Å²) in [6.07, 6.45) is 4.97. The van der Waals surface area contributed by atoms with Crippen LogP contribution in [0.25, 0.3) is 16.8 Å². The number of pyridine rings is 1. The number of hydrogen-bond acceptors (Lipinski definition) is 9. The van der Waals surface area contributed by atoms with Crippen molar-refractivity contribution in [1.29, 1.82) is 0 Å². The van der Waals surface area contributed by atoms with Gasteiger partial charge < -0.3 is 30.3 Å². The molecule has 0 radical (unpaired) electrons. The van der Waals surface area contributed by atoms with Gasteiger partial charge >= 0.3 is 0 Å². The maximum Gasteiger partial charge on any atom is 0.229 e. The van der Waals surface area contributed by atoms with Crippen LogP contribution >= 0.6 is 0 Å². The minimum atomic E-state index is -0.803. The van der Waals surface area contributed by atoms with Crippen LogP contribution in [0.2, 0.25) is 0 Å². The number of halogens is 2. The molecule has 222 valence electrons. The first-order valence-corrected chi connectivity index (χ1v) is 13.6. The molecule has 42 heavy (non-hydrogen) atoms. The third-order valence-corrected chi connectivity index (χ3v) is 7.50. The van der Waals surface area contributed by atoms with Crippen LogP contribution in [0.3, 0.4) is 0 Å². The van der Waals surface area contributed by atoms with Crippen molar-refractivity contribution in [2.45, 2.75) is 25.9 Å². The predicted octanol–water partition coefficient (Wildman–Crippen LogP) is 3.47. The van der Waals surface area contributed by atoms with E-state index < -0.39 is 11.6 Å². The maximum absolute atomic E-state index is 15.0. The minimum absolute atomic E-state index is 0.0221. The lowest BCUT2D eigenvalue weighted by Gasteiger charge is -2.46. The van der Waals surface area contributed by atoms with Crippen molar-refractivity contribution in [3.8, 4) is 17.0 Å². The van der Waals surface area contributed by atoms with Crippen LogP contribution in [0.5, 0.6) is 5.75 Å². The topological polar surface area (TPSA) is 123 Å². The van der Waals surface area contributed by atoms with Crippen molar-refractivity contribution in [3.05, 3.63) is 60.6 Å². The summed E-state index contributed by atoms with van der Waals surface area (Å²) >= 11 is 0. The van der Waals surface area contributed by atoms with Crippen molar-refractivity contribution in [2.75, 3.05) is 50.7 Å². The number of likely N-dealkylation sites (N-methyl/N-ethyl adjacent to an activating group) is 1. The van der Waals surface area contributed by atoms with E-state index in [1.54, 1.807) is 43.5 Å². The Hall–Kier alpha value is -4.36. The van der Waals surface area contributed by atoms with Gasteiger partial charge in [-0.2, -0.15) is 9.61 Å². The molecule has 0 saturated carbocycles. The van der Waals surface area contributed by atoms with Gasteiger partial charge in [-0.1, -0.05) is 6.92 Å². The van der Waals surface area contributed by atoms with E-state index >= 15 is 8.78 Å². The second-order valence-corrected chi connectivity index (χ2v) is 10.4. The van der Waals surface area contributed by atoms with Crippen LogP contribution in [0.1, 0.15) is 13.8 Å². The van der Waals surface area contributed by atoms with Crippen LogP contribution < -0.4 is 20.7 Å². The SMILES string of the molecule is COCCOc1cc(F)c(-c2ccc3cnc(Nc4cnccc4N4C[C@@H](N)[C@@H](N(C)C(C)=O)[C@@H](C)C4)n3n2)c(F)c1. The number of nitrogens with two attached hydrogens (primary N) is 1. The molecular weight excluding hydrogens is 546 g/mol. The van der Waals surface area contributed by atoms with Crippen LogP contribution in [-0.2, 0) is 9.53 Å². The number of amides is 1. The van der Waals surface area contributed by atoms with Crippen molar-refractivity contribution in [1.82, 2.24) is 24.5 Å². The van der Waals surface area contributed by atoms with Gasteiger partial charge in [-0.25, -0.2) is 13.8 Å². The van der Waals surface area contributed by atoms with E-state index in [9.17, 15) is 4.79 Å². The van der Waals surface area contributed by atoms with Gasteiger partial charge in [0.1, 0.15) is 24.0 Å². The smallest absolute Gasteiger partial charge is 0.229 e. The number of methoxy groups -OCH3 is 1. The van der Waals surface area contributed by atoms with Crippen molar-refractivity contribution >= 4 is 28.7 Å².